The van der Waals surface area contributed by atoms with Crippen LogP contribution in [0.1, 0.15) is 24.5 Å². The van der Waals surface area contributed by atoms with Gasteiger partial charge in [-0.25, -0.2) is 9.59 Å². The molecule has 2 amide bonds. The maximum atomic E-state index is 12.3. The van der Waals surface area contributed by atoms with E-state index in [1.807, 2.05) is 0 Å². The Morgan fingerprint density at radius 3 is 2.47 bits per heavy atom. The highest BCUT2D eigenvalue weighted by molar-refractivity contribution is 5.96. The summed E-state index contributed by atoms with van der Waals surface area (Å²) >= 11 is 0. The van der Waals surface area contributed by atoms with Crippen molar-refractivity contribution < 1.29 is 28.6 Å². The number of hydrogen-bond donors (Lipinski definition) is 3. The van der Waals surface area contributed by atoms with E-state index in [1.165, 1.54) is 12.0 Å². The number of esters is 1. The Kier molecular flexibility index (Phi) is 8.07. The largest absolute Gasteiger partial charge is 0.490 e. The number of nitrogens with one attached hydrogen (secondary N) is 2. The highest BCUT2D eigenvalue weighted by atomic mass is 16.6. The molecule has 0 saturated carbocycles. The predicted molar refractivity (Wildman–Crippen MR) is 125 cm³/mol. The van der Waals surface area contributed by atoms with Gasteiger partial charge in [0.05, 0.1) is 13.7 Å². The number of amides is 2. The van der Waals surface area contributed by atoms with Crippen LogP contribution < -0.4 is 20.7 Å². The molecule has 1 saturated heterocycles. The normalized spacial score (nSPS) is 15.9. The lowest BCUT2D eigenvalue weighted by molar-refractivity contribution is -0.145. The van der Waals surface area contributed by atoms with Crippen LogP contribution in [0.4, 0.5) is 10.5 Å². The van der Waals surface area contributed by atoms with Gasteiger partial charge < -0.3 is 25.3 Å². The number of nitrogens with two attached hydrogens (primary N) is 1. The number of rotatable bonds is 10. The first kappa shape index (κ1) is 24.6. The highest BCUT2D eigenvalue weighted by Crippen LogP contribution is 2.23. The number of anilines is 1. The standard InChI is InChI=1S/C24H28N4O6/c1-3-21(29)27-20(23(30)32-2)12-15-4-10-18(11-5-15)33-14-19-13-28(24(31)34-19)17-8-6-16(7-9-17)22(25)26/h4-11,19-20H,3,12-14H2,1-2H3,(H3,25,26)(H,27,29). The predicted octanol–water partition coefficient (Wildman–Crippen LogP) is 1.99. The summed E-state index contributed by atoms with van der Waals surface area (Å²) < 4.78 is 15.9. The van der Waals surface area contributed by atoms with Crippen molar-refractivity contribution in [3.8, 4) is 5.75 Å². The third-order valence-electron chi connectivity index (χ3n) is 5.31. The number of amidine groups is 1. The lowest BCUT2D eigenvalue weighted by atomic mass is 10.1. The number of carbonyl (C=O) groups is 3. The zero-order valence-electron chi connectivity index (χ0n) is 19.1. The molecule has 4 N–H and O–H groups in total. The number of cyclic esters (lactones) is 1. The molecule has 0 spiro atoms. The second-order valence-corrected chi connectivity index (χ2v) is 7.73. The topological polar surface area (TPSA) is 144 Å². The van der Waals surface area contributed by atoms with Gasteiger partial charge in [-0.05, 0) is 42.0 Å². The second kappa shape index (κ2) is 11.2. The molecule has 1 fully saturated rings. The Morgan fingerprint density at radius 1 is 1.21 bits per heavy atom. The van der Waals surface area contributed by atoms with Gasteiger partial charge in [0.2, 0.25) is 5.91 Å². The summed E-state index contributed by atoms with van der Waals surface area (Å²) in [6.45, 7) is 2.21. The van der Waals surface area contributed by atoms with Gasteiger partial charge in [0.1, 0.15) is 24.2 Å². The van der Waals surface area contributed by atoms with Crippen LogP contribution in [0.5, 0.6) is 5.75 Å². The van der Waals surface area contributed by atoms with Gasteiger partial charge in [-0.1, -0.05) is 19.1 Å². The summed E-state index contributed by atoms with van der Waals surface area (Å²) in [5.41, 5.74) is 7.51. The first-order chi connectivity index (χ1) is 16.3. The molecule has 180 valence electrons. The second-order valence-electron chi connectivity index (χ2n) is 7.73. The fraction of sp³-hybridized carbons (Fsp3) is 0.333. The molecule has 1 aliphatic rings. The molecule has 0 aromatic heterocycles. The van der Waals surface area contributed by atoms with Gasteiger partial charge in [0.15, 0.2) is 6.10 Å². The highest BCUT2D eigenvalue weighted by Gasteiger charge is 2.33. The van der Waals surface area contributed by atoms with E-state index >= 15 is 0 Å². The lowest BCUT2D eigenvalue weighted by Gasteiger charge is -2.16. The first-order valence-electron chi connectivity index (χ1n) is 10.8. The third-order valence-corrected chi connectivity index (χ3v) is 5.31. The van der Waals surface area contributed by atoms with E-state index in [2.05, 4.69) is 5.32 Å². The van der Waals surface area contributed by atoms with Crippen LogP contribution >= 0.6 is 0 Å². The summed E-state index contributed by atoms with van der Waals surface area (Å²) in [6, 6.07) is 13.1. The minimum Gasteiger partial charge on any atom is -0.490 e. The van der Waals surface area contributed by atoms with Crippen LogP contribution in [0, 0.1) is 5.41 Å². The molecular weight excluding hydrogens is 440 g/mol. The molecule has 34 heavy (non-hydrogen) atoms. The van der Waals surface area contributed by atoms with Crippen LogP contribution in [-0.4, -0.2) is 56.2 Å². The number of ether oxygens (including phenoxy) is 3. The maximum Gasteiger partial charge on any atom is 0.414 e. The Morgan fingerprint density at radius 2 is 1.88 bits per heavy atom. The lowest BCUT2D eigenvalue weighted by Crippen LogP contribution is -2.42. The summed E-state index contributed by atoms with van der Waals surface area (Å²) in [7, 11) is 1.28. The van der Waals surface area contributed by atoms with E-state index in [1.54, 1.807) is 55.5 Å². The Bertz CT molecular complexity index is 1040. The zero-order chi connectivity index (χ0) is 24.7. The number of benzene rings is 2. The third kappa shape index (κ3) is 6.25. The van der Waals surface area contributed by atoms with Crippen molar-refractivity contribution in [3.05, 3.63) is 59.7 Å². The van der Waals surface area contributed by atoms with Crippen LogP contribution in [0.15, 0.2) is 48.5 Å². The van der Waals surface area contributed by atoms with E-state index < -0.39 is 24.2 Å². The van der Waals surface area contributed by atoms with Crippen molar-refractivity contribution in [1.29, 1.82) is 5.41 Å². The molecule has 0 bridgehead atoms. The minimum absolute atomic E-state index is 0.0422. The van der Waals surface area contributed by atoms with Gasteiger partial charge >= 0.3 is 12.1 Å². The average Bonchev–Trinajstić information content (AvgIpc) is 3.22. The zero-order valence-corrected chi connectivity index (χ0v) is 19.1. The molecule has 1 heterocycles. The first-order valence-corrected chi connectivity index (χ1v) is 10.8. The molecule has 2 aromatic carbocycles. The van der Waals surface area contributed by atoms with Gasteiger partial charge in [-0.15, -0.1) is 0 Å². The van der Waals surface area contributed by atoms with Crippen molar-refractivity contribution in [1.82, 2.24) is 5.32 Å². The van der Waals surface area contributed by atoms with Gasteiger partial charge in [-0.3, -0.25) is 15.1 Å². The van der Waals surface area contributed by atoms with Crippen molar-refractivity contribution >= 4 is 29.5 Å². The van der Waals surface area contributed by atoms with Gasteiger partial charge in [0, 0.05) is 24.1 Å². The maximum absolute atomic E-state index is 12.3. The molecule has 3 rings (SSSR count). The summed E-state index contributed by atoms with van der Waals surface area (Å²) in [4.78, 5) is 37.4. The van der Waals surface area contributed by atoms with E-state index in [4.69, 9.17) is 25.4 Å². The molecule has 1 aliphatic heterocycles. The minimum atomic E-state index is -0.766. The van der Waals surface area contributed by atoms with Crippen LogP contribution in [-0.2, 0) is 25.5 Å². The van der Waals surface area contributed by atoms with E-state index in [-0.39, 0.29) is 31.2 Å². The Balaban J connectivity index is 1.54. The molecule has 10 nitrogen and oxygen atoms in total. The monoisotopic (exact) mass is 468 g/mol. The van der Waals surface area contributed by atoms with Gasteiger partial charge in [0.25, 0.3) is 0 Å². The molecule has 0 aliphatic carbocycles. The van der Waals surface area contributed by atoms with Crippen molar-refractivity contribution in [2.24, 2.45) is 5.73 Å². The number of carbonyl (C=O) groups excluding carboxylic acids is 3. The number of nitrogens with zero attached hydrogens (tertiary/aromatic N) is 1. The smallest absolute Gasteiger partial charge is 0.414 e. The van der Waals surface area contributed by atoms with Crippen LogP contribution in [0.25, 0.3) is 0 Å². The fourth-order valence-electron chi connectivity index (χ4n) is 3.42. The van der Waals surface area contributed by atoms with Crippen molar-refractivity contribution in [3.63, 3.8) is 0 Å². The number of hydrogen-bond acceptors (Lipinski definition) is 7. The Hall–Kier alpha value is -4.08. The number of methoxy groups -OCH3 is 1. The van der Waals surface area contributed by atoms with Crippen molar-refractivity contribution in [2.75, 3.05) is 25.2 Å². The Labute approximate surface area is 197 Å². The molecule has 0 radical (unpaired) electrons. The summed E-state index contributed by atoms with van der Waals surface area (Å²) in [6.07, 6.45) is -0.362. The molecule has 2 aromatic rings. The van der Waals surface area contributed by atoms with Crippen LogP contribution in [0.3, 0.4) is 0 Å². The van der Waals surface area contributed by atoms with E-state index in [9.17, 15) is 14.4 Å². The fourth-order valence-corrected chi connectivity index (χ4v) is 3.42. The van der Waals surface area contributed by atoms with Crippen molar-refractivity contribution in [2.45, 2.75) is 31.9 Å². The van der Waals surface area contributed by atoms with Crippen LogP contribution in [0.2, 0.25) is 0 Å². The van der Waals surface area contributed by atoms with E-state index in [0.717, 1.165) is 5.56 Å². The molecule has 2 unspecified atom stereocenters. The molecule has 2 atom stereocenters. The quantitative estimate of drug-likeness (QED) is 0.275. The molecular formula is C24H28N4O6. The summed E-state index contributed by atoms with van der Waals surface area (Å²) in [5, 5.41) is 10.1. The number of nitrogen functional groups attached to an aromatic ring is 1. The molecule has 10 heteroatoms. The summed E-state index contributed by atoms with van der Waals surface area (Å²) in [5.74, 6) is -0.202. The van der Waals surface area contributed by atoms with E-state index in [0.29, 0.717) is 23.5 Å². The van der Waals surface area contributed by atoms with Gasteiger partial charge in [-0.2, -0.15) is 0 Å². The SMILES string of the molecule is CCC(=O)NC(Cc1ccc(OCC2CN(c3ccc(C(=N)N)cc3)C(=O)O2)cc1)C(=O)OC. The average molecular weight is 469 g/mol.